The highest BCUT2D eigenvalue weighted by molar-refractivity contribution is 5.96. The highest BCUT2D eigenvalue weighted by atomic mass is 16.5. The maximum atomic E-state index is 12.1. The highest BCUT2D eigenvalue weighted by Crippen LogP contribution is 2.09. The minimum absolute atomic E-state index is 0.245. The van der Waals surface area contributed by atoms with E-state index in [1.165, 1.54) is 5.56 Å². The molecule has 19 heavy (non-hydrogen) atoms. The second-order valence-corrected chi connectivity index (χ2v) is 5.07. The second kappa shape index (κ2) is 7.41. The lowest BCUT2D eigenvalue weighted by Gasteiger charge is -2.26. The van der Waals surface area contributed by atoms with Crippen LogP contribution in [0.15, 0.2) is 24.3 Å². The van der Waals surface area contributed by atoms with Crippen molar-refractivity contribution in [3.05, 3.63) is 35.4 Å². The molecule has 0 spiro atoms. The van der Waals surface area contributed by atoms with Gasteiger partial charge in [0.1, 0.15) is 0 Å². The first-order valence-electron chi connectivity index (χ1n) is 7.22. The van der Waals surface area contributed by atoms with Crippen LogP contribution in [-0.2, 0) is 11.2 Å². The van der Waals surface area contributed by atoms with E-state index < -0.39 is 0 Å². The first-order valence-corrected chi connectivity index (χ1v) is 7.22. The Morgan fingerprint density at radius 3 is 2.53 bits per heavy atom. The molecule has 0 radical (unpaired) electrons. The smallest absolute Gasteiger partial charge is 0.164 e. The minimum atomic E-state index is 0.245. The van der Waals surface area contributed by atoms with E-state index >= 15 is 0 Å². The van der Waals surface area contributed by atoms with Gasteiger partial charge in [-0.1, -0.05) is 37.6 Å². The monoisotopic (exact) mass is 261 g/mol. The molecule has 1 aromatic carbocycles. The first kappa shape index (κ1) is 14.2. The number of Topliss-reactive ketones (excluding diaryl/α,β-unsaturated/α-hetero) is 1. The molecule has 0 unspecified atom stereocenters. The van der Waals surface area contributed by atoms with Crippen molar-refractivity contribution in [2.24, 2.45) is 0 Å². The number of rotatable bonds is 6. The first-order chi connectivity index (χ1) is 9.29. The van der Waals surface area contributed by atoms with E-state index in [-0.39, 0.29) is 5.78 Å². The topological polar surface area (TPSA) is 29.5 Å². The normalized spacial score (nSPS) is 16.5. The van der Waals surface area contributed by atoms with Crippen molar-refractivity contribution >= 4 is 5.78 Å². The Hall–Kier alpha value is -1.19. The number of ketones is 1. The quantitative estimate of drug-likeness (QED) is 0.737. The van der Waals surface area contributed by atoms with Gasteiger partial charge in [-0.3, -0.25) is 9.69 Å². The highest BCUT2D eigenvalue weighted by Gasteiger charge is 2.12. The van der Waals surface area contributed by atoms with Crippen molar-refractivity contribution in [2.75, 3.05) is 32.8 Å². The molecule has 0 atom stereocenters. The molecular weight excluding hydrogens is 238 g/mol. The summed E-state index contributed by atoms with van der Waals surface area (Å²) in [5.74, 6) is 0.245. The van der Waals surface area contributed by atoms with Crippen LogP contribution in [0.1, 0.15) is 35.7 Å². The Bertz CT molecular complexity index is 394. The second-order valence-electron chi connectivity index (χ2n) is 5.07. The number of carbonyl (C=O) groups is 1. The SMILES string of the molecule is CCCc1ccc(C(=O)CCN2CCOCC2)cc1. The van der Waals surface area contributed by atoms with Gasteiger partial charge in [0.2, 0.25) is 0 Å². The fourth-order valence-electron chi connectivity index (χ4n) is 2.37. The zero-order valence-corrected chi connectivity index (χ0v) is 11.7. The van der Waals surface area contributed by atoms with Gasteiger partial charge in [-0.05, 0) is 12.0 Å². The van der Waals surface area contributed by atoms with Crippen LogP contribution in [0.5, 0.6) is 0 Å². The van der Waals surface area contributed by atoms with Crippen LogP contribution in [0.2, 0.25) is 0 Å². The molecule has 1 fully saturated rings. The molecule has 0 bridgehead atoms. The van der Waals surface area contributed by atoms with Crippen LogP contribution in [0.4, 0.5) is 0 Å². The Morgan fingerprint density at radius 1 is 1.21 bits per heavy atom. The molecule has 0 aromatic heterocycles. The number of aryl methyl sites for hydroxylation is 1. The van der Waals surface area contributed by atoms with E-state index in [1.54, 1.807) is 0 Å². The Morgan fingerprint density at radius 2 is 1.89 bits per heavy atom. The lowest BCUT2D eigenvalue weighted by molar-refractivity contribution is 0.0370. The molecule has 0 aliphatic carbocycles. The maximum absolute atomic E-state index is 12.1. The predicted molar refractivity (Wildman–Crippen MR) is 76.6 cm³/mol. The third kappa shape index (κ3) is 4.44. The van der Waals surface area contributed by atoms with Crippen LogP contribution in [0.3, 0.4) is 0 Å². The molecule has 1 aromatic rings. The lowest BCUT2D eigenvalue weighted by Crippen LogP contribution is -2.37. The Kier molecular flexibility index (Phi) is 5.55. The van der Waals surface area contributed by atoms with E-state index in [9.17, 15) is 4.79 Å². The third-order valence-corrected chi connectivity index (χ3v) is 3.57. The number of hydrogen-bond donors (Lipinski definition) is 0. The largest absolute Gasteiger partial charge is 0.379 e. The Labute approximate surface area is 115 Å². The number of hydrogen-bond acceptors (Lipinski definition) is 3. The molecule has 1 aliphatic rings. The molecule has 0 saturated carbocycles. The number of carbonyl (C=O) groups excluding carboxylic acids is 1. The van der Waals surface area contributed by atoms with Gasteiger partial charge in [-0.15, -0.1) is 0 Å². The van der Waals surface area contributed by atoms with E-state index in [0.29, 0.717) is 6.42 Å². The molecule has 1 heterocycles. The number of morpholine rings is 1. The average Bonchev–Trinajstić information content (AvgIpc) is 2.47. The number of nitrogens with zero attached hydrogens (tertiary/aromatic N) is 1. The summed E-state index contributed by atoms with van der Waals surface area (Å²) in [4.78, 5) is 14.4. The van der Waals surface area contributed by atoms with Crippen molar-refractivity contribution in [3.63, 3.8) is 0 Å². The zero-order valence-electron chi connectivity index (χ0n) is 11.7. The van der Waals surface area contributed by atoms with Gasteiger partial charge in [0.05, 0.1) is 13.2 Å². The summed E-state index contributed by atoms with van der Waals surface area (Å²) in [6.45, 7) is 6.49. The van der Waals surface area contributed by atoms with Crippen molar-refractivity contribution in [3.8, 4) is 0 Å². The summed E-state index contributed by atoms with van der Waals surface area (Å²) < 4.78 is 5.30. The molecule has 3 nitrogen and oxygen atoms in total. The fraction of sp³-hybridized carbons (Fsp3) is 0.562. The molecule has 1 aliphatic heterocycles. The van der Waals surface area contributed by atoms with Gasteiger partial charge < -0.3 is 4.74 Å². The van der Waals surface area contributed by atoms with Gasteiger partial charge in [0.15, 0.2) is 5.78 Å². The van der Waals surface area contributed by atoms with Gasteiger partial charge in [0, 0.05) is 31.6 Å². The van der Waals surface area contributed by atoms with E-state index in [0.717, 1.165) is 51.3 Å². The zero-order chi connectivity index (χ0) is 13.5. The van der Waals surface area contributed by atoms with Crippen molar-refractivity contribution in [1.29, 1.82) is 0 Å². The van der Waals surface area contributed by atoms with Crippen molar-refractivity contribution in [2.45, 2.75) is 26.2 Å². The lowest BCUT2D eigenvalue weighted by atomic mass is 10.0. The summed E-state index contributed by atoms with van der Waals surface area (Å²) in [6.07, 6.45) is 2.83. The van der Waals surface area contributed by atoms with Crippen molar-refractivity contribution < 1.29 is 9.53 Å². The predicted octanol–water partition coefficient (Wildman–Crippen LogP) is 2.54. The number of benzene rings is 1. The minimum Gasteiger partial charge on any atom is -0.379 e. The van der Waals surface area contributed by atoms with Gasteiger partial charge in [-0.25, -0.2) is 0 Å². The van der Waals surface area contributed by atoms with Gasteiger partial charge >= 0.3 is 0 Å². The van der Waals surface area contributed by atoms with E-state index in [2.05, 4.69) is 24.0 Å². The molecule has 104 valence electrons. The molecule has 0 amide bonds. The van der Waals surface area contributed by atoms with E-state index in [1.807, 2.05) is 12.1 Å². The summed E-state index contributed by atoms with van der Waals surface area (Å²) in [7, 11) is 0. The summed E-state index contributed by atoms with van der Waals surface area (Å²) in [5, 5.41) is 0. The van der Waals surface area contributed by atoms with Crippen LogP contribution >= 0.6 is 0 Å². The standard InChI is InChI=1S/C16H23NO2/c1-2-3-14-4-6-15(7-5-14)16(18)8-9-17-10-12-19-13-11-17/h4-7H,2-3,8-13H2,1H3. The molecule has 3 heteroatoms. The van der Waals surface area contributed by atoms with Crippen LogP contribution in [-0.4, -0.2) is 43.5 Å². The molecule has 1 saturated heterocycles. The van der Waals surface area contributed by atoms with Crippen LogP contribution in [0.25, 0.3) is 0 Å². The number of ether oxygens (including phenoxy) is 1. The molecular formula is C16H23NO2. The summed E-state index contributed by atoms with van der Waals surface area (Å²) >= 11 is 0. The van der Waals surface area contributed by atoms with Gasteiger partial charge in [0.25, 0.3) is 0 Å². The Balaban J connectivity index is 1.81. The fourth-order valence-corrected chi connectivity index (χ4v) is 2.37. The maximum Gasteiger partial charge on any atom is 0.164 e. The van der Waals surface area contributed by atoms with Crippen molar-refractivity contribution in [1.82, 2.24) is 4.90 Å². The average molecular weight is 261 g/mol. The summed E-state index contributed by atoms with van der Waals surface area (Å²) in [5.41, 5.74) is 2.15. The van der Waals surface area contributed by atoms with Gasteiger partial charge in [-0.2, -0.15) is 0 Å². The van der Waals surface area contributed by atoms with Crippen LogP contribution in [0, 0.1) is 0 Å². The van der Waals surface area contributed by atoms with Crippen LogP contribution < -0.4 is 0 Å². The third-order valence-electron chi connectivity index (χ3n) is 3.57. The molecule has 2 rings (SSSR count). The molecule has 0 N–H and O–H groups in total. The van der Waals surface area contributed by atoms with E-state index in [4.69, 9.17) is 4.74 Å². The summed E-state index contributed by atoms with van der Waals surface area (Å²) in [6, 6.07) is 8.08.